The smallest absolute Gasteiger partial charge is 0.160 e. The molecule has 8 heteroatoms. The second-order valence-electron chi connectivity index (χ2n) is 3.28. The highest BCUT2D eigenvalue weighted by atomic mass is 79.9. The van der Waals surface area contributed by atoms with Crippen LogP contribution < -0.4 is 16.6 Å². The topological polar surface area (TPSA) is 75.9 Å². The Morgan fingerprint density at radius 2 is 1.83 bits per heavy atom. The fourth-order valence-corrected chi connectivity index (χ4v) is 1.69. The molecule has 0 radical (unpaired) electrons. The maximum absolute atomic E-state index is 13.0. The van der Waals surface area contributed by atoms with Crippen molar-refractivity contribution in [2.45, 2.75) is 0 Å². The summed E-state index contributed by atoms with van der Waals surface area (Å²) in [6.07, 6.45) is 1.28. The number of hydrazine groups is 1. The first kappa shape index (κ1) is 12.7. The average molecular weight is 316 g/mol. The van der Waals surface area contributed by atoms with Crippen LogP contribution in [0.15, 0.2) is 29.0 Å². The number of rotatable bonds is 3. The molecule has 94 valence electrons. The van der Waals surface area contributed by atoms with Gasteiger partial charge in [-0.3, -0.25) is 0 Å². The van der Waals surface area contributed by atoms with Crippen molar-refractivity contribution in [1.82, 2.24) is 9.97 Å². The van der Waals surface area contributed by atoms with Crippen molar-refractivity contribution in [1.29, 1.82) is 0 Å². The van der Waals surface area contributed by atoms with Gasteiger partial charge >= 0.3 is 0 Å². The second-order valence-corrected chi connectivity index (χ2v) is 4.08. The number of hydrogen-bond donors (Lipinski definition) is 3. The van der Waals surface area contributed by atoms with Gasteiger partial charge in [-0.25, -0.2) is 24.6 Å². The Kier molecular flexibility index (Phi) is 3.68. The Hall–Kier alpha value is -1.80. The highest BCUT2D eigenvalue weighted by molar-refractivity contribution is 9.10. The molecule has 5 nitrogen and oxygen atoms in total. The van der Waals surface area contributed by atoms with Crippen LogP contribution in [0, 0.1) is 11.6 Å². The Labute approximate surface area is 110 Å². The highest BCUT2D eigenvalue weighted by Gasteiger charge is 2.09. The molecule has 0 atom stereocenters. The second kappa shape index (κ2) is 5.23. The zero-order valence-electron chi connectivity index (χ0n) is 8.92. The molecule has 0 unspecified atom stereocenters. The molecule has 4 N–H and O–H groups in total. The third-order valence-electron chi connectivity index (χ3n) is 2.11. The molecule has 2 aromatic rings. The molecule has 1 heterocycles. The molecule has 2 rings (SSSR count). The number of benzene rings is 1. The van der Waals surface area contributed by atoms with E-state index in [9.17, 15) is 8.78 Å². The summed E-state index contributed by atoms with van der Waals surface area (Å²) >= 11 is 3.23. The van der Waals surface area contributed by atoms with Crippen LogP contribution in [0.1, 0.15) is 0 Å². The monoisotopic (exact) mass is 315 g/mol. The van der Waals surface area contributed by atoms with E-state index in [1.54, 1.807) is 0 Å². The van der Waals surface area contributed by atoms with E-state index in [1.165, 1.54) is 12.4 Å². The van der Waals surface area contributed by atoms with Crippen molar-refractivity contribution < 1.29 is 8.78 Å². The molecule has 0 aliphatic carbocycles. The lowest BCUT2D eigenvalue weighted by molar-refractivity contribution is 0.509. The Balaban J connectivity index is 2.31. The Morgan fingerprint density at radius 1 is 1.11 bits per heavy atom. The van der Waals surface area contributed by atoms with Gasteiger partial charge in [0, 0.05) is 11.8 Å². The third-order valence-corrected chi connectivity index (χ3v) is 2.86. The molecular formula is C10H8BrF2N5. The van der Waals surface area contributed by atoms with Gasteiger partial charge < -0.3 is 10.7 Å². The van der Waals surface area contributed by atoms with Gasteiger partial charge in [0.15, 0.2) is 17.5 Å². The predicted octanol–water partition coefficient (Wildman–Crippen LogP) is 2.55. The summed E-state index contributed by atoms with van der Waals surface area (Å²) in [6, 6.07) is 3.44. The van der Waals surface area contributed by atoms with E-state index >= 15 is 0 Å². The van der Waals surface area contributed by atoms with Crippen molar-refractivity contribution >= 4 is 33.3 Å². The van der Waals surface area contributed by atoms with Gasteiger partial charge in [-0.1, -0.05) is 0 Å². The zero-order valence-corrected chi connectivity index (χ0v) is 10.5. The quantitative estimate of drug-likeness (QED) is 0.599. The van der Waals surface area contributed by atoms with Crippen LogP contribution >= 0.6 is 15.9 Å². The summed E-state index contributed by atoms with van der Waals surface area (Å²) in [5.41, 5.74) is 2.73. The third kappa shape index (κ3) is 2.54. The molecule has 0 aliphatic heterocycles. The fraction of sp³-hybridized carbons (Fsp3) is 0. The number of nitrogens with two attached hydrogens (primary N) is 1. The number of anilines is 3. The van der Waals surface area contributed by atoms with E-state index in [1.807, 2.05) is 0 Å². The van der Waals surface area contributed by atoms with Crippen LogP contribution in [-0.2, 0) is 0 Å². The Bertz CT molecular complexity index is 578. The summed E-state index contributed by atoms with van der Waals surface area (Å²) in [6.45, 7) is 0. The largest absolute Gasteiger partial charge is 0.339 e. The minimum atomic E-state index is -0.942. The molecule has 0 saturated carbocycles. The van der Waals surface area contributed by atoms with E-state index < -0.39 is 11.6 Å². The molecule has 1 aromatic heterocycles. The summed E-state index contributed by atoms with van der Waals surface area (Å²) in [5, 5.41) is 2.81. The molecule has 0 bridgehead atoms. The Morgan fingerprint density at radius 3 is 2.50 bits per heavy atom. The molecule has 1 aromatic carbocycles. The van der Waals surface area contributed by atoms with Crippen LogP contribution in [0.2, 0.25) is 0 Å². The van der Waals surface area contributed by atoms with Crippen molar-refractivity contribution in [3.8, 4) is 0 Å². The summed E-state index contributed by atoms with van der Waals surface area (Å²) in [4.78, 5) is 7.82. The lowest BCUT2D eigenvalue weighted by Gasteiger charge is -2.09. The maximum atomic E-state index is 13.0. The molecule has 0 fully saturated rings. The van der Waals surface area contributed by atoms with Gasteiger partial charge in [-0.2, -0.15) is 0 Å². The lowest BCUT2D eigenvalue weighted by Crippen LogP contribution is -2.10. The van der Waals surface area contributed by atoms with Crippen LogP contribution in [0.5, 0.6) is 0 Å². The normalized spacial score (nSPS) is 10.2. The van der Waals surface area contributed by atoms with Crippen LogP contribution in [-0.4, -0.2) is 9.97 Å². The van der Waals surface area contributed by atoms with Crippen molar-refractivity contribution in [3.05, 3.63) is 40.6 Å². The van der Waals surface area contributed by atoms with Gasteiger partial charge in [0.2, 0.25) is 0 Å². The number of nitrogens with zero attached hydrogens (tertiary/aromatic N) is 2. The first-order valence-electron chi connectivity index (χ1n) is 4.81. The molecular weight excluding hydrogens is 308 g/mol. The SMILES string of the molecule is NNc1ncnc(Nc2ccc(F)c(F)c2)c1Br. The van der Waals surface area contributed by atoms with Crippen molar-refractivity contribution in [2.75, 3.05) is 10.7 Å². The molecule has 0 aliphatic rings. The van der Waals surface area contributed by atoms with E-state index in [0.29, 0.717) is 21.8 Å². The van der Waals surface area contributed by atoms with E-state index in [2.05, 4.69) is 36.6 Å². The van der Waals surface area contributed by atoms with Gasteiger partial charge in [-0.15, -0.1) is 0 Å². The number of aromatic nitrogens is 2. The van der Waals surface area contributed by atoms with Crippen molar-refractivity contribution in [2.24, 2.45) is 5.84 Å². The number of hydrogen-bond acceptors (Lipinski definition) is 5. The fourth-order valence-electron chi connectivity index (χ4n) is 1.27. The zero-order chi connectivity index (χ0) is 13.1. The van der Waals surface area contributed by atoms with Gasteiger partial charge in [0.1, 0.15) is 16.6 Å². The summed E-state index contributed by atoms with van der Waals surface area (Å²) in [5.74, 6) is 4.15. The van der Waals surface area contributed by atoms with Crippen LogP contribution in [0.4, 0.5) is 26.1 Å². The first-order chi connectivity index (χ1) is 8.61. The number of nitrogens with one attached hydrogen (secondary N) is 2. The van der Waals surface area contributed by atoms with Crippen LogP contribution in [0.3, 0.4) is 0 Å². The molecule has 0 saturated heterocycles. The maximum Gasteiger partial charge on any atom is 0.160 e. The van der Waals surface area contributed by atoms with Gasteiger partial charge in [-0.05, 0) is 28.1 Å². The van der Waals surface area contributed by atoms with E-state index in [-0.39, 0.29) is 0 Å². The average Bonchev–Trinajstić information content (AvgIpc) is 2.36. The summed E-state index contributed by atoms with van der Waals surface area (Å²) in [7, 11) is 0. The molecule has 0 amide bonds. The highest BCUT2D eigenvalue weighted by Crippen LogP contribution is 2.28. The number of nitrogen functional groups attached to an aromatic ring is 1. The minimum Gasteiger partial charge on any atom is -0.339 e. The van der Waals surface area contributed by atoms with Crippen molar-refractivity contribution in [3.63, 3.8) is 0 Å². The van der Waals surface area contributed by atoms with Gasteiger partial charge in [0.05, 0.1) is 0 Å². The lowest BCUT2D eigenvalue weighted by atomic mass is 10.3. The minimum absolute atomic E-state index is 0.358. The first-order valence-corrected chi connectivity index (χ1v) is 5.60. The van der Waals surface area contributed by atoms with Crippen LogP contribution in [0.25, 0.3) is 0 Å². The summed E-state index contributed by atoms with van der Waals surface area (Å²) < 4.78 is 26.3. The molecule has 0 spiro atoms. The standard InChI is InChI=1S/C10H8BrF2N5/c11-8-9(15-4-16-10(8)18-14)17-5-1-2-6(12)7(13)3-5/h1-4H,14H2,(H2,15,16,17,18). The van der Waals surface area contributed by atoms with E-state index in [4.69, 9.17) is 5.84 Å². The van der Waals surface area contributed by atoms with Gasteiger partial charge in [0.25, 0.3) is 0 Å². The molecule has 18 heavy (non-hydrogen) atoms. The number of halogens is 3. The van der Waals surface area contributed by atoms with E-state index in [0.717, 1.165) is 12.1 Å². The predicted molar refractivity (Wildman–Crippen MR) is 67.2 cm³/mol.